The maximum atomic E-state index is 11.7. The van der Waals surface area contributed by atoms with Crippen LogP contribution in [0.25, 0.3) is 32.6 Å². The third-order valence-electron chi connectivity index (χ3n) is 5.00. The van der Waals surface area contributed by atoms with Gasteiger partial charge < -0.3 is 9.72 Å². The Morgan fingerprint density at radius 2 is 1.59 bits per heavy atom. The number of rotatable bonds is 6. The van der Waals surface area contributed by atoms with Crippen molar-refractivity contribution in [1.29, 1.82) is 0 Å². The summed E-state index contributed by atoms with van der Waals surface area (Å²) in [5, 5.41) is 1.80. The molecule has 0 amide bonds. The maximum Gasteiger partial charge on any atom is 0.308 e. The van der Waals surface area contributed by atoms with Crippen LogP contribution in [0.15, 0.2) is 90.1 Å². The highest BCUT2D eigenvalue weighted by Gasteiger charge is 2.18. The number of thiophene rings is 1. The molecule has 0 saturated heterocycles. The molecule has 4 nitrogen and oxygen atoms in total. The molecule has 0 aliphatic carbocycles. The van der Waals surface area contributed by atoms with Crippen LogP contribution in [0.1, 0.15) is 11.8 Å². The number of carbonyl (C=O) groups is 1. The Hall–Kier alpha value is -3.35. The minimum absolute atomic E-state index is 0.310. The van der Waals surface area contributed by atoms with Crippen LogP contribution in [0.3, 0.4) is 0 Å². The zero-order valence-corrected chi connectivity index (χ0v) is 19.0. The van der Waals surface area contributed by atoms with E-state index in [9.17, 15) is 4.79 Å². The fraction of sp³-hybridized carbons (Fsp3) is 0.0769. The van der Waals surface area contributed by atoms with Crippen molar-refractivity contribution in [3.05, 3.63) is 89.8 Å². The molecule has 0 saturated carbocycles. The highest BCUT2D eigenvalue weighted by atomic mass is 32.2. The van der Waals surface area contributed by atoms with Crippen LogP contribution in [-0.4, -0.2) is 15.9 Å². The smallest absolute Gasteiger partial charge is 0.308 e. The molecule has 3 aromatic carbocycles. The molecule has 32 heavy (non-hydrogen) atoms. The second kappa shape index (κ2) is 9.02. The second-order valence-corrected chi connectivity index (χ2v) is 9.33. The lowest BCUT2D eigenvalue weighted by Gasteiger charge is -2.03. The number of hydrogen-bond acceptors (Lipinski definition) is 5. The minimum Gasteiger partial charge on any atom is -0.425 e. The maximum absolute atomic E-state index is 11.7. The van der Waals surface area contributed by atoms with Gasteiger partial charge in [-0.05, 0) is 12.1 Å². The van der Waals surface area contributed by atoms with E-state index in [1.807, 2.05) is 54.6 Å². The van der Waals surface area contributed by atoms with Gasteiger partial charge in [0.2, 0.25) is 0 Å². The first-order valence-electron chi connectivity index (χ1n) is 10.2. The molecule has 0 atom stereocenters. The number of imidazole rings is 1. The van der Waals surface area contributed by atoms with Gasteiger partial charge in [-0.25, -0.2) is 4.98 Å². The quantitative estimate of drug-likeness (QED) is 0.217. The predicted octanol–water partition coefficient (Wildman–Crippen LogP) is 7.18. The molecule has 0 aliphatic heterocycles. The number of esters is 1. The molecule has 0 radical (unpaired) electrons. The summed E-state index contributed by atoms with van der Waals surface area (Å²) in [6.45, 7) is 1.44. The molecule has 0 unspecified atom stereocenters. The van der Waals surface area contributed by atoms with E-state index < -0.39 is 0 Å². The first-order chi connectivity index (χ1) is 15.7. The highest BCUT2D eigenvalue weighted by Crippen LogP contribution is 2.41. The van der Waals surface area contributed by atoms with E-state index in [0.717, 1.165) is 42.6 Å². The Morgan fingerprint density at radius 1 is 0.938 bits per heavy atom. The van der Waals surface area contributed by atoms with Crippen molar-refractivity contribution in [3.63, 3.8) is 0 Å². The molecule has 0 fully saturated rings. The molecule has 6 heteroatoms. The number of benzene rings is 3. The number of nitrogens with zero attached hydrogens (tertiary/aromatic N) is 1. The number of carbonyl (C=O) groups excluding carboxylic acids is 1. The van der Waals surface area contributed by atoms with Gasteiger partial charge in [0.05, 0.1) is 16.3 Å². The number of hydrogen-bond donors (Lipinski definition) is 1. The van der Waals surface area contributed by atoms with Gasteiger partial charge in [0.25, 0.3) is 0 Å². The topological polar surface area (TPSA) is 55.0 Å². The Labute approximate surface area is 194 Å². The zero-order valence-electron chi connectivity index (χ0n) is 17.4. The van der Waals surface area contributed by atoms with Crippen molar-refractivity contribution in [2.75, 3.05) is 0 Å². The van der Waals surface area contributed by atoms with Crippen molar-refractivity contribution in [2.45, 2.75) is 17.8 Å². The largest absolute Gasteiger partial charge is 0.425 e. The number of aromatic amines is 1. The number of ether oxygens (including phenoxy) is 1. The van der Waals surface area contributed by atoms with Gasteiger partial charge in [-0.15, -0.1) is 11.3 Å². The molecule has 2 heterocycles. The standard InChI is InChI=1S/C26H20N2O2S2/c1-17(29)30-25-20-14-8-9-15-21(20)32-22(25)16-31-26-27-23(18-10-4-2-5-11-18)24(28-26)19-12-6-3-7-13-19/h2-15H,16H2,1H3,(H,27,28). The number of aromatic nitrogens is 2. The van der Waals surface area contributed by atoms with Gasteiger partial charge in [0.1, 0.15) is 0 Å². The third kappa shape index (κ3) is 4.20. The Bertz CT molecular complexity index is 1320. The van der Waals surface area contributed by atoms with E-state index in [4.69, 9.17) is 9.72 Å². The normalized spacial score (nSPS) is 11.0. The van der Waals surface area contributed by atoms with Crippen molar-refractivity contribution >= 4 is 39.2 Å². The number of fused-ring (bicyclic) bond motifs is 1. The van der Waals surface area contributed by atoms with Gasteiger partial charge >= 0.3 is 5.97 Å². The first kappa shape index (κ1) is 20.5. The third-order valence-corrected chi connectivity index (χ3v) is 7.23. The summed E-state index contributed by atoms with van der Waals surface area (Å²) in [4.78, 5) is 21.1. The monoisotopic (exact) mass is 456 g/mol. The summed E-state index contributed by atoms with van der Waals surface area (Å²) >= 11 is 3.26. The van der Waals surface area contributed by atoms with Crippen LogP contribution in [0.2, 0.25) is 0 Å². The van der Waals surface area contributed by atoms with Crippen LogP contribution in [-0.2, 0) is 10.5 Å². The second-order valence-electron chi connectivity index (χ2n) is 7.23. The molecule has 2 aromatic heterocycles. The Kier molecular flexibility index (Phi) is 5.79. The predicted molar refractivity (Wildman–Crippen MR) is 132 cm³/mol. The van der Waals surface area contributed by atoms with Gasteiger partial charge in [0, 0.05) is 33.9 Å². The Morgan fingerprint density at radius 3 is 2.31 bits per heavy atom. The van der Waals surface area contributed by atoms with E-state index in [2.05, 4.69) is 35.3 Å². The van der Waals surface area contributed by atoms with Gasteiger partial charge in [0.15, 0.2) is 10.9 Å². The molecule has 5 rings (SSSR count). The number of H-pyrrole nitrogens is 1. The average Bonchev–Trinajstić information content (AvgIpc) is 3.40. The lowest BCUT2D eigenvalue weighted by Crippen LogP contribution is -2.02. The molecule has 0 spiro atoms. The van der Waals surface area contributed by atoms with Crippen LogP contribution in [0, 0.1) is 0 Å². The van der Waals surface area contributed by atoms with Crippen molar-refractivity contribution < 1.29 is 9.53 Å². The van der Waals surface area contributed by atoms with Crippen molar-refractivity contribution in [2.24, 2.45) is 0 Å². The van der Waals surface area contributed by atoms with Crippen molar-refractivity contribution in [3.8, 4) is 28.3 Å². The van der Waals surface area contributed by atoms with E-state index in [0.29, 0.717) is 11.5 Å². The Balaban J connectivity index is 1.49. The summed E-state index contributed by atoms with van der Waals surface area (Å²) in [5.41, 5.74) is 4.08. The minimum atomic E-state index is -0.310. The summed E-state index contributed by atoms with van der Waals surface area (Å²) in [5.74, 6) is 0.997. The molecular formula is C26H20N2O2S2. The van der Waals surface area contributed by atoms with Crippen LogP contribution in [0.5, 0.6) is 5.75 Å². The molecule has 5 aromatic rings. The summed E-state index contributed by atoms with van der Waals surface area (Å²) in [6.07, 6.45) is 0. The van der Waals surface area contributed by atoms with Crippen LogP contribution < -0.4 is 4.74 Å². The van der Waals surface area contributed by atoms with Crippen LogP contribution in [0.4, 0.5) is 0 Å². The summed E-state index contributed by atoms with van der Waals surface area (Å²) in [7, 11) is 0. The number of thioether (sulfide) groups is 1. The lowest BCUT2D eigenvalue weighted by molar-refractivity contribution is -0.131. The zero-order chi connectivity index (χ0) is 21.9. The number of nitrogens with one attached hydrogen (secondary N) is 1. The molecule has 0 bridgehead atoms. The van der Waals surface area contributed by atoms with E-state index >= 15 is 0 Å². The van der Waals surface area contributed by atoms with Crippen molar-refractivity contribution in [1.82, 2.24) is 9.97 Å². The summed E-state index contributed by atoms with van der Waals surface area (Å²) in [6, 6.07) is 28.4. The summed E-state index contributed by atoms with van der Waals surface area (Å²) < 4.78 is 6.69. The molecule has 158 valence electrons. The van der Waals surface area contributed by atoms with E-state index in [-0.39, 0.29) is 5.97 Å². The van der Waals surface area contributed by atoms with Gasteiger partial charge in [-0.3, -0.25) is 4.79 Å². The lowest BCUT2D eigenvalue weighted by atomic mass is 10.1. The van der Waals surface area contributed by atoms with E-state index in [1.54, 1.807) is 23.1 Å². The first-order valence-corrected chi connectivity index (χ1v) is 12.0. The fourth-order valence-corrected chi connectivity index (χ4v) is 5.66. The molecule has 1 N–H and O–H groups in total. The highest BCUT2D eigenvalue weighted by molar-refractivity contribution is 7.98. The van der Waals surface area contributed by atoms with Gasteiger partial charge in [-0.1, -0.05) is 84.6 Å². The van der Waals surface area contributed by atoms with Gasteiger partial charge in [-0.2, -0.15) is 0 Å². The van der Waals surface area contributed by atoms with E-state index in [1.165, 1.54) is 6.92 Å². The SMILES string of the molecule is CC(=O)Oc1c(CSc2nc(-c3ccccc3)c(-c3ccccc3)[nH]2)sc2ccccc12. The van der Waals surface area contributed by atoms with Crippen LogP contribution >= 0.6 is 23.1 Å². The fourth-order valence-electron chi connectivity index (χ4n) is 3.60. The molecule has 0 aliphatic rings. The average molecular weight is 457 g/mol. The molecular weight excluding hydrogens is 436 g/mol.